The number of nitrogens with one attached hydrogen (secondary N) is 2. The average Bonchev–Trinajstić information content (AvgIpc) is 2.47. The van der Waals surface area contributed by atoms with Gasteiger partial charge in [-0.15, -0.1) is 0 Å². The molecule has 21 heavy (non-hydrogen) atoms. The second kappa shape index (κ2) is 7.17. The number of carbonyl (C=O) groups excluding carboxylic acids is 1. The molecule has 0 atom stereocenters. The Hall–Kier alpha value is -1.95. The number of nitrogens with zero attached hydrogens (tertiary/aromatic N) is 2. The zero-order chi connectivity index (χ0) is 15.2. The normalized spacial score (nSPS) is 10.2. The fourth-order valence-electron chi connectivity index (χ4n) is 1.81. The van der Waals surface area contributed by atoms with E-state index in [-0.39, 0.29) is 5.91 Å². The van der Waals surface area contributed by atoms with Gasteiger partial charge in [0.25, 0.3) is 5.91 Å². The maximum absolute atomic E-state index is 12.3. The third kappa shape index (κ3) is 4.26. The standard InChI is InChI=1S/C15H17BrN4O/c1-3-5-18-14-8-11(7-10(2)19-14)15(21)20-13-4-6-17-9-12(13)16/h4,6-9H,3,5H2,1-2H3,(H,18,19)(H,17,20,21). The Morgan fingerprint density at radius 3 is 2.90 bits per heavy atom. The number of rotatable bonds is 5. The van der Waals surface area contributed by atoms with Crippen LogP contribution in [0.4, 0.5) is 11.5 Å². The maximum Gasteiger partial charge on any atom is 0.255 e. The Morgan fingerprint density at radius 1 is 1.38 bits per heavy atom. The second-order valence-electron chi connectivity index (χ2n) is 4.62. The lowest BCUT2D eigenvalue weighted by molar-refractivity contribution is 0.102. The van der Waals surface area contributed by atoms with E-state index >= 15 is 0 Å². The van der Waals surface area contributed by atoms with Gasteiger partial charge in [0, 0.05) is 30.2 Å². The fraction of sp³-hybridized carbons (Fsp3) is 0.267. The quantitative estimate of drug-likeness (QED) is 0.865. The van der Waals surface area contributed by atoms with Crippen LogP contribution in [0.3, 0.4) is 0 Å². The van der Waals surface area contributed by atoms with Gasteiger partial charge in [-0.25, -0.2) is 4.98 Å². The van der Waals surface area contributed by atoms with Gasteiger partial charge < -0.3 is 10.6 Å². The van der Waals surface area contributed by atoms with E-state index in [2.05, 4.69) is 43.5 Å². The van der Waals surface area contributed by atoms with Crippen molar-refractivity contribution in [2.75, 3.05) is 17.2 Å². The lowest BCUT2D eigenvalue weighted by Gasteiger charge is -2.10. The summed E-state index contributed by atoms with van der Waals surface area (Å²) in [6, 6.07) is 5.26. The van der Waals surface area contributed by atoms with E-state index in [1.807, 2.05) is 6.92 Å². The van der Waals surface area contributed by atoms with Gasteiger partial charge >= 0.3 is 0 Å². The highest BCUT2D eigenvalue weighted by Gasteiger charge is 2.10. The minimum atomic E-state index is -0.174. The molecule has 0 saturated heterocycles. The predicted molar refractivity (Wildman–Crippen MR) is 87.6 cm³/mol. The summed E-state index contributed by atoms with van der Waals surface area (Å²) in [6.07, 6.45) is 4.27. The van der Waals surface area contributed by atoms with Crippen molar-refractivity contribution in [2.45, 2.75) is 20.3 Å². The van der Waals surface area contributed by atoms with E-state index in [1.54, 1.807) is 30.6 Å². The summed E-state index contributed by atoms with van der Waals surface area (Å²) in [5.74, 6) is 0.544. The number of hydrogen-bond acceptors (Lipinski definition) is 4. The number of aryl methyl sites for hydroxylation is 1. The van der Waals surface area contributed by atoms with E-state index in [9.17, 15) is 4.79 Å². The highest BCUT2D eigenvalue weighted by atomic mass is 79.9. The first-order chi connectivity index (χ1) is 10.1. The molecule has 0 unspecified atom stereocenters. The number of pyridine rings is 2. The Kier molecular flexibility index (Phi) is 5.27. The first kappa shape index (κ1) is 15.4. The number of hydrogen-bond donors (Lipinski definition) is 2. The van der Waals surface area contributed by atoms with E-state index in [0.717, 1.165) is 29.0 Å². The van der Waals surface area contributed by atoms with Crippen molar-refractivity contribution >= 4 is 33.3 Å². The molecule has 0 radical (unpaired) electrons. The molecule has 1 amide bonds. The van der Waals surface area contributed by atoms with Crippen molar-refractivity contribution in [3.8, 4) is 0 Å². The molecule has 2 heterocycles. The van der Waals surface area contributed by atoms with Gasteiger partial charge in [0.15, 0.2) is 0 Å². The van der Waals surface area contributed by atoms with Crippen molar-refractivity contribution in [3.63, 3.8) is 0 Å². The molecule has 0 aliphatic heterocycles. The van der Waals surface area contributed by atoms with Gasteiger partial charge in [-0.3, -0.25) is 9.78 Å². The number of anilines is 2. The van der Waals surface area contributed by atoms with Crippen LogP contribution in [0.2, 0.25) is 0 Å². The summed E-state index contributed by atoms with van der Waals surface area (Å²) in [6.45, 7) is 4.78. The molecule has 2 aromatic heterocycles. The van der Waals surface area contributed by atoms with E-state index < -0.39 is 0 Å². The lowest BCUT2D eigenvalue weighted by Crippen LogP contribution is -2.14. The third-order valence-corrected chi connectivity index (χ3v) is 3.42. The third-order valence-electron chi connectivity index (χ3n) is 2.79. The van der Waals surface area contributed by atoms with Crippen molar-refractivity contribution in [1.29, 1.82) is 0 Å². The Labute approximate surface area is 132 Å². The SMILES string of the molecule is CCCNc1cc(C(=O)Nc2ccncc2Br)cc(C)n1. The van der Waals surface area contributed by atoms with E-state index in [1.165, 1.54) is 0 Å². The smallest absolute Gasteiger partial charge is 0.255 e. The van der Waals surface area contributed by atoms with Crippen LogP contribution in [-0.4, -0.2) is 22.4 Å². The average molecular weight is 349 g/mol. The van der Waals surface area contributed by atoms with Gasteiger partial charge in [-0.2, -0.15) is 0 Å². The van der Waals surface area contributed by atoms with Crippen LogP contribution in [-0.2, 0) is 0 Å². The van der Waals surface area contributed by atoms with Gasteiger partial charge in [-0.1, -0.05) is 6.92 Å². The molecule has 5 nitrogen and oxygen atoms in total. The molecule has 2 aromatic rings. The van der Waals surface area contributed by atoms with Gasteiger partial charge in [0.2, 0.25) is 0 Å². The summed E-state index contributed by atoms with van der Waals surface area (Å²) in [4.78, 5) is 20.7. The van der Waals surface area contributed by atoms with Gasteiger partial charge in [0.05, 0.1) is 10.2 Å². The highest BCUT2D eigenvalue weighted by molar-refractivity contribution is 9.10. The molecule has 0 aliphatic rings. The fourth-order valence-corrected chi connectivity index (χ4v) is 2.16. The predicted octanol–water partition coefficient (Wildman–Crippen LogP) is 3.62. The molecule has 0 aromatic carbocycles. The molecule has 0 fully saturated rings. The van der Waals surface area contributed by atoms with Crippen LogP contribution in [0.15, 0.2) is 35.1 Å². The minimum absolute atomic E-state index is 0.174. The molecule has 2 N–H and O–H groups in total. The monoisotopic (exact) mass is 348 g/mol. The van der Waals surface area contributed by atoms with Crippen molar-refractivity contribution in [1.82, 2.24) is 9.97 Å². The van der Waals surface area contributed by atoms with E-state index in [4.69, 9.17) is 0 Å². The summed E-state index contributed by atoms with van der Waals surface area (Å²) in [5, 5.41) is 6.05. The maximum atomic E-state index is 12.3. The summed E-state index contributed by atoms with van der Waals surface area (Å²) in [7, 11) is 0. The topological polar surface area (TPSA) is 66.9 Å². The molecule has 0 spiro atoms. The summed E-state index contributed by atoms with van der Waals surface area (Å²) in [5.41, 5.74) is 2.06. The molecule has 0 saturated carbocycles. The second-order valence-corrected chi connectivity index (χ2v) is 5.47. The molecule has 6 heteroatoms. The first-order valence-corrected chi connectivity index (χ1v) is 7.53. The van der Waals surface area contributed by atoms with Crippen LogP contribution in [0.25, 0.3) is 0 Å². The first-order valence-electron chi connectivity index (χ1n) is 6.73. The largest absolute Gasteiger partial charge is 0.370 e. The molecule has 0 aliphatic carbocycles. The van der Waals surface area contributed by atoms with Gasteiger partial charge in [-0.05, 0) is 47.5 Å². The molecule has 2 rings (SSSR count). The number of aromatic nitrogens is 2. The molecular formula is C15H17BrN4O. The Bertz CT molecular complexity index is 645. The molecule has 0 bridgehead atoms. The summed E-state index contributed by atoms with van der Waals surface area (Å²) < 4.78 is 0.744. The number of amides is 1. The van der Waals surface area contributed by atoms with Crippen LogP contribution >= 0.6 is 15.9 Å². The molecule has 110 valence electrons. The Balaban J connectivity index is 2.19. The van der Waals surface area contributed by atoms with Crippen LogP contribution in [0.1, 0.15) is 29.4 Å². The van der Waals surface area contributed by atoms with Crippen molar-refractivity contribution < 1.29 is 4.79 Å². The highest BCUT2D eigenvalue weighted by Crippen LogP contribution is 2.21. The summed E-state index contributed by atoms with van der Waals surface area (Å²) >= 11 is 3.36. The number of carbonyl (C=O) groups is 1. The van der Waals surface area contributed by atoms with Crippen LogP contribution in [0.5, 0.6) is 0 Å². The molecular weight excluding hydrogens is 332 g/mol. The van der Waals surface area contributed by atoms with Crippen molar-refractivity contribution in [2.24, 2.45) is 0 Å². The number of halogens is 1. The zero-order valence-corrected chi connectivity index (χ0v) is 13.6. The minimum Gasteiger partial charge on any atom is -0.370 e. The lowest BCUT2D eigenvalue weighted by atomic mass is 10.2. The van der Waals surface area contributed by atoms with E-state index in [0.29, 0.717) is 11.3 Å². The zero-order valence-electron chi connectivity index (χ0n) is 12.0. The van der Waals surface area contributed by atoms with Gasteiger partial charge in [0.1, 0.15) is 5.82 Å². The van der Waals surface area contributed by atoms with Crippen LogP contribution < -0.4 is 10.6 Å². The van der Waals surface area contributed by atoms with Crippen LogP contribution in [0, 0.1) is 6.92 Å². The Morgan fingerprint density at radius 2 is 2.19 bits per heavy atom. The van der Waals surface area contributed by atoms with Crippen molar-refractivity contribution in [3.05, 3.63) is 46.3 Å².